The van der Waals surface area contributed by atoms with Crippen molar-refractivity contribution in [3.05, 3.63) is 0 Å². The molecule has 6 atom stereocenters. The Kier molecular flexibility index (Phi) is 15.6. The predicted molar refractivity (Wildman–Crippen MR) is 201 cm³/mol. The van der Waals surface area contributed by atoms with E-state index >= 15 is 0 Å². The first-order valence-corrected chi connectivity index (χ1v) is 20.4. The van der Waals surface area contributed by atoms with Crippen LogP contribution in [0, 0.1) is 0 Å². The molecule has 0 aliphatic carbocycles. The van der Waals surface area contributed by atoms with Crippen molar-refractivity contribution >= 4 is 53.2 Å². The molecule has 20 heteroatoms. The monoisotopic (exact) mass is 802 g/mol. The van der Waals surface area contributed by atoms with Crippen LogP contribution in [0.5, 0.6) is 0 Å². The van der Waals surface area contributed by atoms with Crippen molar-refractivity contribution in [1.29, 1.82) is 0 Å². The van der Waals surface area contributed by atoms with Gasteiger partial charge in [0.25, 0.3) is 0 Å². The lowest BCUT2D eigenvalue weighted by molar-refractivity contribution is -0.147. The second-order valence-electron chi connectivity index (χ2n) is 15.4. The van der Waals surface area contributed by atoms with Crippen LogP contribution >= 0.6 is 0 Å². The van der Waals surface area contributed by atoms with E-state index in [9.17, 15) is 43.2 Å². The molecule has 0 saturated carbocycles. The average molecular weight is 803 g/mol. The molecule has 0 bridgehead atoms. The summed E-state index contributed by atoms with van der Waals surface area (Å²) in [7, 11) is 0. The lowest BCUT2D eigenvalue weighted by atomic mass is 10.1. The molecule has 0 aromatic heterocycles. The van der Waals surface area contributed by atoms with E-state index in [0.29, 0.717) is 90.4 Å². The maximum atomic E-state index is 13.9. The van der Waals surface area contributed by atoms with Crippen LogP contribution in [0.3, 0.4) is 0 Å². The second-order valence-corrected chi connectivity index (χ2v) is 15.4. The van der Waals surface area contributed by atoms with E-state index in [1.54, 1.807) is 4.90 Å². The van der Waals surface area contributed by atoms with Crippen molar-refractivity contribution < 1.29 is 48.3 Å². The van der Waals surface area contributed by atoms with Crippen LogP contribution in [-0.2, 0) is 43.2 Å². The average Bonchev–Trinajstić information content (AvgIpc) is 4.06. The highest BCUT2D eigenvalue weighted by molar-refractivity contribution is 5.97. The number of carbonyl (C=O) groups is 9. The summed E-state index contributed by atoms with van der Waals surface area (Å²) in [6.45, 7) is 1.13. The third kappa shape index (κ3) is 11.0. The number of nitrogens with one attached hydrogen (secondary N) is 5. The molecular weight excluding hydrogens is 744 g/mol. The van der Waals surface area contributed by atoms with Crippen LogP contribution in [-0.4, -0.2) is 173 Å². The fraction of sp³-hybridized carbons (Fsp3) is 0.757. The Morgan fingerprint density at radius 3 is 1.63 bits per heavy atom. The molecule has 5 heterocycles. The minimum atomic E-state index is -1.23. The van der Waals surface area contributed by atoms with Gasteiger partial charge in [0.1, 0.15) is 36.8 Å². The minimum absolute atomic E-state index is 0.0964. The summed E-state index contributed by atoms with van der Waals surface area (Å²) in [6.07, 6.45) is 6.88. The smallest absolute Gasteiger partial charge is 0.322 e. The molecule has 0 unspecified atom stereocenters. The third-order valence-electron chi connectivity index (χ3n) is 11.6. The van der Waals surface area contributed by atoms with Gasteiger partial charge >= 0.3 is 5.97 Å². The number of nitrogens with zero attached hydrogens (tertiary/aromatic N) is 4. The molecule has 0 aromatic carbocycles. The first-order chi connectivity index (χ1) is 27.4. The van der Waals surface area contributed by atoms with Gasteiger partial charge in [0.05, 0.1) is 19.1 Å². The number of hydrogen-bond acceptors (Lipinski definition) is 11. The van der Waals surface area contributed by atoms with E-state index in [4.69, 9.17) is 10.8 Å². The zero-order chi connectivity index (χ0) is 41.1. The quantitative estimate of drug-likeness (QED) is 0.0715. The van der Waals surface area contributed by atoms with Gasteiger partial charge in [-0.15, -0.1) is 0 Å². The van der Waals surface area contributed by atoms with Gasteiger partial charge in [-0.25, -0.2) is 0 Å². The summed E-state index contributed by atoms with van der Waals surface area (Å²) in [5.74, 6) is -4.80. The Morgan fingerprint density at radius 2 is 1.11 bits per heavy atom. The molecule has 316 valence electrons. The van der Waals surface area contributed by atoms with Crippen LogP contribution in [0.15, 0.2) is 0 Å². The largest absolute Gasteiger partial charge is 0.480 e. The van der Waals surface area contributed by atoms with Crippen LogP contribution in [0.25, 0.3) is 0 Å². The number of rotatable bonds is 17. The van der Waals surface area contributed by atoms with Crippen molar-refractivity contribution in [2.75, 3.05) is 58.9 Å². The third-order valence-corrected chi connectivity index (χ3v) is 11.6. The van der Waals surface area contributed by atoms with Crippen molar-refractivity contribution in [2.45, 2.75) is 120 Å². The van der Waals surface area contributed by atoms with Gasteiger partial charge in [-0.2, -0.15) is 0 Å². The molecular formula is C37H58N10O10. The Bertz CT molecular complexity index is 1540. The van der Waals surface area contributed by atoms with Gasteiger partial charge in [-0.3, -0.25) is 43.2 Å². The van der Waals surface area contributed by atoms with E-state index in [2.05, 4.69) is 26.6 Å². The molecule has 8 N–H and O–H groups in total. The molecule has 57 heavy (non-hydrogen) atoms. The fourth-order valence-corrected chi connectivity index (χ4v) is 8.63. The number of unbranched alkanes of at least 4 members (excludes halogenated alkanes) is 1. The van der Waals surface area contributed by atoms with Crippen LogP contribution in [0.4, 0.5) is 0 Å². The Morgan fingerprint density at radius 1 is 0.596 bits per heavy atom. The highest BCUT2D eigenvalue weighted by Gasteiger charge is 2.43. The fourth-order valence-electron chi connectivity index (χ4n) is 8.63. The van der Waals surface area contributed by atoms with E-state index in [1.807, 2.05) is 0 Å². The van der Waals surface area contributed by atoms with Gasteiger partial charge in [0.2, 0.25) is 47.3 Å². The molecule has 0 spiro atoms. The zero-order valence-electron chi connectivity index (χ0n) is 32.5. The van der Waals surface area contributed by atoms with Gasteiger partial charge in [-0.05, 0) is 96.6 Å². The van der Waals surface area contributed by atoms with Gasteiger partial charge in [-0.1, -0.05) is 0 Å². The lowest BCUT2D eigenvalue weighted by Crippen LogP contribution is -2.56. The normalized spacial score (nSPS) is 25.0. The molecule has 0 radical (unpaired) electrons. The summed E-state index contributed by atoms with van der Waals surface area (Å²) in [5, 5.41) is 22.4. The number of amides is 8. The Hall–Kier alpha value is -4.85. The maximum absolute atomic E-state index is 13.9. The maximum Gasteiger partial charge on any atom is 0.322 e. The SMILES string of the molecule is NCCCC[C@H](NC(=O)[C@@H]1CCCN1C(=O)CNC(=O)[C@@H]1CCCN1C(=O)[C@@H]1CCCN1C(=O)CNC(=O)[C@@H]1CCCN1C(=O)[C@@H]1CCCN1)C(=O)NCC(=O)O. The van der Waals surface area contributed by atoms with Crippen molar-refractivity contribution in [3.63, 3.8) is 0 Å². The van der Waals surface area contributed by atoms with Crippen molar-refractivity contribution in [1.82, 2.24) is 46.2 Å². The lowest BCUT2D eigenvalue weighted by Gasteiger charge is -2.31. The van der Waals surface area contributed by atoms with Gasteiger partial charge in [0, 0.05) is 26.2 Å². The molecule has 5 aliphatic heterocycles. The predicted octanol–water partition coefficient (Wildman–Crippen LogP) is -3.25. The Labute approximate surface area is 331 Å². The van der Waals surface area contributed by atoms with Crippen molar-refractivity contribution in [2.24, 2.45) is 5.73 Å². The van der Waals surface area contributed by atoms with Crippen LogP contribution in [0.1, 0.15) is 83.5 Å². The summed E-state index contributed by atoms with van der Waals surface area (Å²) in [6, 6.07) is -4.53. The molecule has 5 saturated heterocycles. The number of likely N-dealkylation sites (tertiary alicyclic amines) is 4. The number of carboxylic acids is 1. The van der Waals surface area contributed by atoms with Crippen LogP contribution in [0.2, 0.25) is 0 Å². The molecule has 20 nitrogen and oxygen atoms in total. The van der Waals surface area contributed by atoms with Gasteiger partial charge in [0.15, 0.2) is 0 Å². The topological polar surface area (TPSA) is 273 Å². The zero-order valence-corrected chi connectivity index (χ0v) is 32.5. The highest BCUT2D eigenvalue weighted by Crippen LogP contribution is 2.26. The second kappa shape index (κ2) is 20.5. The first-order valence-electron chi connectivity index (χ1n) is 20.4. The first kappa shape index (κ1) is 43.3. The van der Waals surface area contributed by atoms with Gasteiger partial charge < -0.3 is 57.0 Å². The minimum Gasteiger partial charge on any atom is -0.480 e. The molecule has 8 amide bonds. The summed E-state index contributed by atoms with van der Waals surface area (Å²) < 4.78 is 0. The number of carbonyl (C=O) groups excluding carboxylic acids is 8. The Balaban J connectivity index is 1.10. The van der Waals surface area contributed by atoms with Crippen molar-refractivity contribution in [3.8, 4) is 0 Å². The number of carboxylic acid groups (broad SMARTS) is 1. The van der Waals surface area contributed by atoms with Crippen LogP contribution < -0.4 is 32.3 Å². The number of aliphatic carboxylic acids is 1. The van der Waals surface area contributed by atoms with E-state index < -0.39 is 84.7 Å². The summed E-state index contributed by atoms with van der Waals surface area (Å²) in [4.78, 5) is 123. The number of nitrogens with two attached hydrogens (primary N) is 1. The van der Waals surface area contributed by atoms with E-state index in [-0.39, 0.29) is 37.4 Å². The molecule has 5 fully saturated rings. The van der Waals surface area contributed by atoms with E-state index in [1.165, 1.54) is 14.7 Å². The summed E-state index contributed by atoms with van der Waals surface area (Å²) >= 11 is 0. The number of hydrogen-bond donors (Lipinski definition) is 7. The highest BCUT2D eigenvalue weighted by atomic mass is 16.4. The van der Waals surface area contributed by atoms with E-state index in [0.717, 1.165) is 19.4 Å². The standard InChI is InChI=1S/C37H58N10O10/c38-14-2-1-8-23(32(52)42-22-31(50)51)43-35(55)27-12-4-16-44(27)29(48)20-40-34(54)26-11-6-19-47(26)37(57)28-13-7-17-45(28)30(49)21-41-33(53)25-10-5-18-46(25)36(56)24-9-3-15-39-24/h23-28,39H,1-22,38H2,(H,40,54)(H,41,53)(H,42,52)(H,43,55)(H,50,51)/t23-,24-,25-,26-,27-,28-/m0/s1. The summed E-state index contributed by atoms with van der Waals surface area (Å²) in [5.41, 5.74) is 5.56. The molecule has 5 aliphatic rings. The molecule has 5 rings (SSSR count). The molecule has 0 aromatic rings.